The molecule has 0 radical (unpaired) electrons. The van der Waals surface area contributed by atoms with E-state index < -0.39 is 40.3 Å². The zero-order valence-electron chi connectivity index (χ0n) is 22.5. The van der Waals surface area contributed by atoms with Gasteiger partial charge in [0.2, 0.25) is 0 Å². The Bertz CT molecular complexity index is 1460. The molecule has 1 aromatic heterocycles. The summed E-state index contributed by atoms with van der Waals surface area (Å²) in [6, 6.07) is 5.94. The lowest BCUT2D eigenvalue weighted by Crippen LogP contribution is -2.52. The molecule has 43 heavy (non-hydrogen) atoms. The number of nitrogens with one attached hydrogen (secondary N) is 1. The first-order valence-electron chi connectivity index (χ1n) is 13.5. The Morgan fingerprint density at radius 1 is 1.00 bits per heavy atom. The molecule has 1 saturated heterocycles. The van der Waals surface area contributed by atoms with Gasteiger partial charge in [-0.2, -0.15) is 31.3 Å². The van der Waals surface area contributed by atoms with E-state index in [4.69, 9.17) is 9.15 Å². The second-order valence-corrected chi connectivity index (χ2v) is 10.5. The molecule has 0 spiro atoms. The number of nitrogens with zero attached hydrogens (tertiary/aromatic N) is 4. The van der Waals surface area contributed by atoms with Gasteiger partial charge in [0.05, 0.1) is 16.6 Å². The Kier molecular flexibility index (Phi) is 8.51. The Hall–Kier alpha value is -3.92. The minimum atomic E-state index is -4.87. The zero-order valence-corrected chi connectivity index (χ0v) is 22.5. The molecule has 10 nitrogen and oxygen atoms in total. The number of oxazole rings is 1. The Morgan fingerprint density at radius 3 is 2.30 bits per heavy atom. The van der Waals surface area contributed by atoms with E-state index in [-0.39, 0.29) is 34.9 Å². The fraction of sp³-hybridized carbons (Fsp3) is 0.481. The van der Waals surface area contributed by atoms with Crippen LogP contribution in [0.1, 0.15) is 36.8 Å². The van der Waals surface area contributed by atoms with Gasteiger partial charge in [0.15, 0.2) is 18.1 Å². The summed E-state index contributed by atoms with van der Waals surface area (Å²) in [6.07, 6.45) is -7.54. The minimum Gasteiger partial charge on any atom is -0.423 e. The highest BCUT2D eigenvalue weighted by molar-refractivity contribution is 5.75. The number of carbonyl (C=O) groups is 1. The van der Waals surface area contributed by atoms with E-state index in [2.05, 4.69) is 10.3 Å². The Labute approximate surface area is 240 Å². The van der Waals surface area contributed by atoms with E-state index in [1.54, 1.807) is 4.90 Å². The molecule has 1 unspecified atom stereocenters. The number of hydrogen-bond acceptors (Lipinski definition) is 9. The summed E-state index contributed by atoms with van der Waals surface area (Å²) in [5.41, 5.74) is -2.68. The minimum absolute atomic E-state index is 0.0980. The van der Waals surface area contributed by atoms with Gasteiger partial charge in [0.1, 0.15) is 11.1 Å². The van der Waals surface area contributed by atoms with E-state index in [9.17, 15) is 41.3 Å². The Morgan fingerprint density at radius 2 is 1.70 bits per heavy atom. The molecule has 1 N–H and O–H groups in total. The number of nitro groups is 1. The molecule has 2 aromatic carbocycles. The predicted octanol–water partition coefficient (Wildman–Crippen LogP) is 5.86. The van der Waals surface area contributed by atoms with Gasteiger partial charge >= 0.3 is 12.4 Å². The molecule has 2 heterocycles. The second-order valence-electron chi connectivity index (χ2n) is 10.5. The van der Waals surface area contributed by atoms with Crippen LogP contribution in [0.15, 0.2) is 40.8 Å². The summed E-state index contributed by atoms with van der Waals surface area (Å²) in [6.45, 7) is 1.62. The first kappa shape index (κ1) is 30.5. The molecule has 2 fully saturated rings. The number of carbonyl (C=O) groups excluding carboxylic acids is 1. The number of rotatable bonds is 8. The van der Waals surface area contributed by atoms with Crippen LogP contribution in [0.25, 0.3) is 11.1 Å². The molecule has 1 atom stereocenters. The van der Waals surface area contributed by atoms with E-state index in [1.807, 2.05) is 4.90 Å². The molecule has 1 aliphatic carbocycles. The number of hydrogen-bond donors (Lipinski definition) is 1. The molecule has 232 valence electrons. The summed E-state index contributed by atoms with van der Waals surface area (Å²) >= 11 is 0. The van der Waals surface area contributed by atoms with E-state index in [0.29, 0.717) is 58.1 Å². The van der Waals surface area contributed by atoms with E-state index >= 15 is 0 Å². The third-order valence-corrected chi connectivity index (χ3v) is 7.64. The number of ether oxygens (including phenoxy) is 1. The maximum Gasteiger partial charge on any atom is 0.423 e. The number of aromatic nitrogens is 1. The highest BCUT2D eigenvalue weighted by atomic mass is 19.4. The average molecular weight is 616 g/mol. The summed E-state index contributed by atoms with van der Waals surface area (Å²) in [5, 5.41) is 14.0. The monoisotopic (exact) mass is 615 g/mol. The standard InChI is InChI=1S/C27H27F6N5O5/c28-26(29,30)16-1-8-23-21(13-16)35-25(43-23)37-11-9-36(10-12-37)24(15-39)42-19-5-2-17(3-6-19)34-18-4-7-22(38(40)41)20(14-18)27(31,32)33/h1,4,7-8,13-15,17,19,24,34H,2-3,5-6,9-12H2. The molecule has 1 saturated carbocycles. The number of aldehydes is 1. The zero-order chi connectivity index (χ0) is 30.9. The van der Waals surface area contributed by atoms with Crippen molar-refractivity contribution < 1.29 is 45.2 Å². The van der Waals surface area contributed by atoms with Crippen LogP contribution in [0.4, 0.5) is 43.7 Å². The summed E-state index contributed by atoms with van der Waals surface area (Å²) in [5.74, 6) is 0. The van der Waals surface area contributed by atoms with Crippen molar-refractivity contribution in [2.75, 3.05) is 36.4 Å². The SMILES string of the molecule is O=CC(OC1CCC(Nc2ccc([N+](=O)[O-])c(C(F)(F)F)c2)CC1)N1CCN(c2nc3cc(C(F)(F)F)ccc3o2)CC1. The van der Waals surface area contributed by atoms with Gasteiger partial charge in [-0.15, -0.1) is 0 Å². The molecule has 16 heteroatoms. The van der Waals surface area contributed by atoms with Crippen LogP contribution in [0.2, 0.25) is 0 Å². The quantitative estimate of drug-likeness (QED) is 0.144. The van der Waals surface area contributed by atoms with Crippen molar-refractivity contribution in [3.05, 3.63) is 57.6 Å². The van der Waals surface area contributed by atoms with Crippen LogP contribution in [0.3, 0.4) is 0 Å². The summed E-state index contributed by atoms with van der Waals surface area (Å²) < 4.78 is 90.7. The van der Waals surface area contributed by atoms with E-state index in [0.717, 1.165) is 24.3 Å². The van der Waals surface area contributed by atoms with Gasteiger partial charge in [-0.1, -0.05) is 0 Å². The highest BCUT2D eigenvalue weighted by Gasteiger charge is 2.39. The summed E-state index contributed by atoms with van der Waals surface area (Å²) in [4.78, 5) is 29.7. The largest absolute Gasteiger partial charge is 0.423 e. The third kappa shape index (κ3) is 7.01. The van der Waals surface area contributed by atoms with Crippen LogP contribution < -0.4 is 10.2 Å². The number of fused-ring (bicyclic) bond motifs is 1. The van der Waals surface area contributed by atoms with Crippen molar-refractivity contribution in [1.82, 2.24) is 9.88 Å². The van der Waals surface area contributed by atoms with Crippen molar-refractivity contribution in [2.45, 2.75) is 56.4 Å². The fourth-order valence-corrected chi connectivity index (χ4v) is 5.39. The van der Waals surface area contributed by atoms with Gasteiger partial charge in [-0.05, 0) is 56.0 Å². The van der Waals surface area contributed by atoms with Crippen LogP contribution in [0.5, 0.6) is 0 Å². The first-order chi connectivity index (χ1) is 20.3. The molecular formula is C27H27F6N5O5. The van der Waals surface area contributed by atoms with Crippen LogP contribution >= 0.6 is 0 Å². The van der Waals surface area contributed by atoms with Crippen molar-refractivity contribution >= 4 is 34.8 Å². The molecule has 1 aliphatic heterocycles. The molecule has 0 amide bonds. The van der Waals surface area contributed by atoms with Crippen LogP contribution in [-0.2, 0) is 21.9 Å². The smallest absolute Gasteiger partial charge is 0.423 e. The van der Waals surface area contributed by atoms with Crippen molar-refractivity contribution in [3.63, 3.8) is 0 Å². The maximum absolute atomic E-state index is 13.3. The van der Waals surface area contributed by atoms with Gasteiger partial charge in [0.25, 0.3) is 11.7 Å². The van der Waals surface area contributed by atoms with Crippen molar-refractivity contribution in [1.29, 1.82) is 0 Å². The van der Waals surface area contributed by atoms with Gasteiger partial charge < -0.3 is 19.4 Å². The molecule has 0 bridgehead atoms. The lowest BCUT2D eigenvalue weighted by molar-refractivity contribution is -0.388. The average Bonchev–Trinajstić information content (AvgIpc) is 3.39. The maximum atomic E-state index is 13.3. The van der Waals surface area contributed by atoms with Crippen LogP contribution in [-0.4, -0.2) is 65.6 Å². The van der Waals surface area contributed by atoms with Crippen molar-refractivity contribution in [3.8, 4) is 0 Å². The molecule has 2 aliphatic rings. The van der Waals surface area contributed by atoms with Gasteiger partial charge in [-0.3, -0.25) is 19.8 Å². The lowest BCUT2D eigenvalue weighted by Gasteiger charge is -2.38. The topological polar surface area (TPSA) is 114 Å². The molecule has 3 aromatic rings. The number of anilines is 2. The predicted molar refractivity (Wildman–Crippen MR) is 141 cm³/mol. The van der Waals surface area contributed by atoms with E-state index in [1.165, 1.54) is 12.1 Å². The fourth-order valence-electron chi connectivity index (χ4n) is 5.39. The second kappa shape index (κ2) is 12.0. The molecular weight excluding hydrogens is 588 g/mol. The number of benzene rings is 2. The number of piperazine rings is 1. The highest BCUT2D eigenvalue weighted by Crippen LogP contribution is 2.38. The van der Waals surface area contributed by atoms with Gasteiger partial charge in [-0.25, -0.2) is 0 Å². The molecule has 5 rings (SSSR count). The number of nitro benzene ring substituents is 1. The first-order valence-corrected chi connectivity index (χ1v) is 13.5. The number of alkyl halides is 6. The number of halogens is 6. The van der Waals surface area contributed by atoms with Crippen molar-refractivity contribution in [2.24, 2.45) is 0 Å². The summed E-state index contributed by atoms with van der Waals surface area (Å²) in [7, 11) is 0. The van der Waals surface area contributed by atoms with Crippen LogP contribution in [0, 0.1) is 10.1 Å². The van der Waals surface area contributed by atoms with Gasteiger partial charge in [0, 0.05) is 44.0 Å². The lowest BCUT2D eigenvalue weighted by atomic mass is 9.92. The third-order valence-electron chi connectivity index (χ3n) is 7.64. The Balaban J connectivity index is 1.12. The normalized spacial score (nSPS) is 21.1.